The number of nitrogens with one attached hydrogen (secondary N) is 1. The monoisotopic (exact) mass is 323 g/mol. The van der Waals surface area contributed by atoms with Gasteiger partial charge in [0, 0.05) is 22.4 Å². The summed E-state index contributed by atoms with van der Waals surface area (Å²) in [6, 6.07) is 11.2. The summed E-state index contributed by atoms with van der Waals surface area (Å²) in [5, 5.41) is 7.45. The van der Waals surface area contributed by atoms with Crippen LogP contribution in [0.2, 0.25) is 5.02 Å². The number of halogens is 1. The molecular formula is C16H18ClNS2. The topological polar surface area (TPSA) is 12.0 Å². The molecule has 1 aromatic heterocycles. The van der Waals surface area contributed by atoms with Crippen molar-refractivity contribution in [3.63, 3.8) is 0 Å². The number of fused-ring (bicyclic) bond motifs is 1. The van der Waals surface area contributed by atoms with Crippen molar-refractivity contribution in [3.05, 3.63) is 51.9 Å². The van der Waals surface area contributed by atoms with Crippen LogP contribution in [0.15, 0.2) is 39.9 Å². The number of hydrogen-bond acceptors (Lipinski definition) is 3. The Kier molecular flexibility index (Phi) is 4.41. The van der Waals surface area contributed by atoms with Gasteiger partial charge in [-0.25, -0.2) is 0 Å². The number of thiophene rings is 1. The van der Waals surface area contributed by atoms with Gasteiger partial charge in [0.2, 0.25) is 0 Å². The summed E-state index contributed by atoms with van der Waals surface area (Å²) in [6.45, 7) is 4.52. The van der Waals surface area contributed by atoms with Gasteiger partial charge in [0.15, 0.2) is 0 Å². The van der Waals surface area contributed by atoms with Gasteiger partial charge in [-0.15, -0.1) is 23.1 Å². The van der Waals surface area contributed by atoms with Gasteiger partial charge >= 0.3 is 0 Å². The Morgan fingerprint density at radius 1 is 1.35 bits per heavy atom. The van der Waals surface area contributed by atoms with Crippen molar-refractivity contribution < 1.29 is 0 Å². The average molecular weight is 324 g/mol. The number of rotatable bonds is 3. The summed E-state index contributed by atoms with van der Waals surface area (Å²) in [5.74, 6) is 0. The largest absolute Gasteiger partial charge is 0.303 e. The van der Waals surface area contributed by atoms with Crippen molar-refractivity contribution in [3.8, 4) is 0 Å². The minimum Gasteiger partial charge on any atom is -0.303 e. The van der Waals surface area contributed by atoms with Gasteiger partial charge in [0.1, 0.15) is 0 Å². The molecule has 3 atom stereocenters. The van der Waals surface area contributed by atoms with Crippen molar-refractivity contribution in [2.24, 2.45) is 0 Å². The van der Waals surface area contributed by atoms with E-state index in [0.29, 0.717) is 17.3 Å². The van der Waals surface area contributed by atoms with Crippen LogP contribution in [0.5, 0.6) is 0 Å². The van der Waals surface area contributed by atoms with Crippen LogP contribution in [-0.2, 0) is 0 Å². The number of thioether (sulfide) groups is 1. The molecule has 0 amide bonds. The van der Waals surface area contributed by atoms with Gasteiger partial charge in [-0.1, -0.05) is 30.7 Å². The molecule has 1 nitrogen and oxygen atoms in total. The van der Waals surface area contributed by atoms with E-state index in [1.807, 2.05) is 35.2 Å². The maximum atomic E-state index is 6.09. The molecule has 1 aromatic carbocycles. The third-order valence-electron chi connectivity index (χ3n) is 3.71. The van der Waals surface area contributed by atoms with Crippen molar-refractivity contribution in [1.29, 1.82) is 0 Å². The van der Waals surface area contributed by atoms with Gasteiger partial charge in [-0.2, -0.15) is 0 Å². The highest BCUT2D eigenvalue weighted by atomic mass is 35.5. The molecule has 0 saturated heterocycles. The molecule has 2 unspecified atom stereocenters. The first kappa shape index (κ1) is 14.5. The molecule has 0 saturated carbocycles. The fourth-order valence-corrected chi connectivity index (χ4v) is 5.45. The molecular weight excluding hydrogens is 306 g/mol. The second kappa shape index (κ2) is 6.10. The Bertz CT molecular complexity index is 596. The first-order chi connectivity index (χ1) is 9.63. The maximum absolute atomic E-state index is 6.09. The van der Waals surface area contributed by atoms with E-state index in [9.17, 15) is 0 Å². The molecule has 1 aliphatic heterocycles. The van der Waals surface area contributed by atoms with E-state index >= 15 is 0 Å². The van der Waals surface area contributed by atoms with E-state index in [0.717, 1.165) is 5.02 Å². The van der Waals surface area contributed by atoms with Crippen LogP contribution in [0.1, 0.15) is 43.5 Å². The zero-order valence-electron chi connectivity index (χ0n) is 11.6. The highest BCUT2D eigenvalue weighted by Gasteiger charge is 2.27. The van der Waals surface area contributed by atoms with E-state index < -0.39 is 0 Å². The second-order valence-corrected chi connectivity index (χ2v) is 8.38. The molecule has 2 heterocycles. The lowest BCUT2D eigenvalue weighted by molar-refractivity contribution is 0.435. The smallest absolute Gasteiger partial charge is 0.0649 e. The molecule has 0 aliphatic carbocycles. The molecule has 106 valence electrons. The summed E-state index contributed by atoms with van der Waals surface area (Å²) in [7, 11) is 0. The van der Waals surface area contributed by atoms with Crippen LogP contribution in [0.25, 0.3) is 0 Å². The van der Waals surface area contributed by atoms with Gasteiger partial charge in [-0.3, -0.25) is 0 Å². The van der Waals surface area contributed by atoms with Gasteiger partial charge in [0.05, 0.1) is 4.21 Å². The summed E-state index contributed by atoms with van der Waals surface area (Å²) >= 11 is 9.95. The Morgan fingerprint density at radius 3 is 3.00 bits per heavy atom. The standard InChI is InChI=1S/C16H18ClNS2/c1-10-8-15(14-6-7-19-16(14)20-10)18-11(2)12-4-3-5-13(17)9-12/h3-7,9-11,15,18H,8H2,1-2H3/t10-,11?,15?/m0/s1. The van der Waals surface area contributed by atoms with Crippen LogP contribution in [0.3, 0.4) is 0 Å². The SMILES string of the molecule is CC(NC1C[C@H](C)Sc2sccc21)c1cccc(Cl)c1. The average Bonchev–Trinajstić information content (AvgIpc) is 2.86. The van der Waals surface area contributed by atoms with E-state index in [4.69, 9.17) is 11.6 Å². The molecule has 0 fully saturated rings. The minimum absolute atomic E-state index is 0.307. The van der Waals surface area contributed by atoms with Gasteiger partial charge in [0.25, 0.3) is 0 Å². The molecule has 20 heavy (non-hydrogen) atoms. The lowest BCUT2D eigenvalue weighted by atomic mass is 10.0. The molecule has 0 radical (unpaired) electrons. The van der Waals surface area contributed by atoms with Crippen LogP contribution in [0, 0.1) is 0 Å². The van der Waals surface area contributed by atoms with Gasteiger partial charge in [-0.05, 0) is 48.1 Å². The highest BCUT2D eigenvalue weighted by Crippen LogP contribution is 2.44. The third-order valence-corrected chi connectivity index (χ3v) is 6.29. The third kappa shape index (κ3) is 3.06. The molecule has 0 spiro atoms. The van der Waals surface area contributed by atoms with Crippen molar-refractivity contribution in [2.45, 2.75) is 41.8 Å². The second-order valence-electron chi connectivity index (χ2n) is 5.32. The summed E-state index contributed by atoms with van der Waals surface area (Å²) < 4.78 is 1.47. The zero-order chi connectivity index (χ0) is 14.1. The number of hydrogen-bond donors (Lipinski definition) is 1. The first-order valence-electron chi connectivity index (χ1n) is 6.89. The van der Waals surface area contributed by atoms with Crippen LogP contribution >= 0.6 is 34.7 Å². The lowest BCUT2D eigenvalue weighted by Gasteiger charge is -2.30. The van der Waals surface area contributed by atoms with Gasteiger partial charge < -0.3 is 5.32 Å². The van der Waals surface area contributed by atoms with E-state index in [-0.39, 0.29) is 0 Å². The molecule has 3 rings (SSSR count). The van der Waals surface area contributed by atoms with Crippen LogP contribution in [-0.4, -0.2) is 5.25 Å². The fraction of sp³-hybridized carbons (Fsp3) is 0.375. The molecule has 1 N–H and O–H groups in total. The molecule has 4 heteroatoms. The molecule has 2 aromatic rings. The Labute approximate surface area is 133 Å². The Balaban J connectivity index is 1.78. The molecule has 1 aliphatic rings. The highest BCUT2D eigenvalue weighted by molar-refractivity contribution is 8.01. The Morgan fingerprint density at radius 2 is 2.20 bits per heavy atom. The van der Waals surface area contributed by atoms with E-state index in [1.165, 1.54) is 21.8 Å². The first-order valence-corrected chi connectivity index (χ1v) is 9.03. The van der Waals surface area contributed by atoms with E-state index in [2.05, 4.69) is 42.7 Å². The van der Waals surface area contributed by atoms with Crippen molar-refractivity contribution in [2.75, 3.05) is 0 Å². The van der Waals surface area contributed by atoms with Crippen LogP contribution in [0.4, 0.5) is 0 Å². The maximum Gasteiger partial charge on any atom is 0.0649 e. The Hall–Kier alpha value is -0.480. The van der Waals surface area contributed by atoms with Crippen molar-refractivity contribution >= 4 is 34.7 Å². The quantitative estimate of drug-likeness (QED) is 0.780. The predicted molar refractivity (Wildman–Crippen MR) is 90.0 cm³/mol. The zero-order valence-corrected chi connectivity index (χ0v) is 14.0. The fourth-order valence-electron chi connectivity index (χ4n) is 2.68. The van der Waals surface area contributed by atoms with Crippen molar-refractivity contribution in [1.82, 2.24) is 5.32 Å². The minimum atomic E-state index is 0.307. The lowest BCUT2D eigenvalue weighted by Crippen LogP contribution is -2.28. The summed E-state index contributed by atoms with van der Waals surface area (Å²) in [6.07, 6.45) is 1.18. The van der Waals surface area contributed by atoms with Crippen LogP contribution < -0.4 is 5.32 Å². The predicted octanol–water partition coefficient (Wildman–Crippen LogP) is 5.68. The summed E-state index contributed by atoms with van der Waals surface area (Å²) in [4.78, 5) is 0. The normalized spacial score (nSPS) is 23.4. The summed E-state index contributed by atoms with van der Waals surface area (Å²) in [5.41, 5.74) is 2.71. The molecule has 0 bridgehead atoms. The number of benzene rings is 1. The van der Waals surface area contributed by atoms with E-state index in [1.54, 1.807) is 0 Å².